The van der Waals surface area contributed by atoms with E-state index in [0.29, 0.717) is 11.9 Å². The number of ether oxygens (including phenoxy) is 1. The van der Waals surface area contributed by atoms with Crippen molar-refractivity contribution < 1.29 is 9.53 Å². The zero-order valence-electron chi connectivity index (χ0n) is 15.4. The third kappa shape index (κ3) is 4.08. The molecule has 3 heterocycles. The molecule has 1 atom stereocenters. The summed E-state index contributed by atoms with van der Waals surface area (Å²) in [5.41, 5.74) is 3.23. The van der Waals surface area contributed by atoms with E-state index in [9.17, 15) is 4.79 Å². The molecular formula is C20H24N4O2. The maximum absolute atomic E-state index is 11.6. The van der Waals surface area contributed by atoms with Gasteiger partial charge in [-0.3, -0.25) is 9.78 Å². The highest BCUT2D eigenvalue weighted by atomic mass is 16.5. The molecule has 2 aromatic heterocycles. The Labute approximate surface area is 153 Å². The average molecular weight is 352 g/mol. The van der Waals surface area contributed by atoms with Gasteiger partial charge in [0, 0.05) is 48.1 Å². The van der Waals surface area contributed by atoms with E-state index in [2.05, 4.69) is 46.7 Å². The fourth-order valence-electron chi connectivity index (χ4n) is 3.06. The first kappa shape index (κ1) is 18.1. The molecule has 0 aromatic carbocycles. The van der Waals surface area contributed by atoms with Gasteiger partial charge in [-0.15, -0.1) is 0 Å². The summed E-state index contributed by atoms with van der Waals surface area (Å²) in [7, 11) is 1.48. The van der Waals surface area contributed by atoms with Crippen molar-refractivity contribution in [1.29, 1.82) is 0 Å². The van der Waals surface area contributed by atoms with Gasteiger partial charge in [-0.2, -0.15) is 0 Å². The number of fused-ring (bicyclic) bond motifs is 1. The number of anilines is 1. The number of amides is 1. The van der Waals surface area contributed by atoms with Crippen molar-refractivity contribution in [2.75, 3.05) is 19.0 Å². The molecule has 0 fully saturated rings. The quantitative estimate of drug-likeness (QED) is 0.834. The first-order valence-electron chi connectivity index (χ1n) is 8.80. The highest BCUT2D eigenvalue weighted by molar-refractivity contribution is 5.94. The molecule has 1 aliphatic rings. The molecule has 3 rings (SSSR count). The number of nitrogens with zero attached hydrogens (tertiary/aromatic N) is 2. The van der Waals surface area contributed by atoms with Crippen LogP contribution in [0.15, 0.2) is 42.4 Å². The fraction of sp³-hybridized carbons (Fsp3) is 0.350. The molecule has 136 valence electrons. The summed E-state index contributed by atoms with van der Waals surface area (Å²) in [5.74, 6) is 0.260. The van der Waals surface area contributed by atoms with Crippen molar-refractivity contribution >= 4 is 28.1 Å². The first-order valence-corrected chi connectivity index (χ1v) is 8.80. The summed E-state index contributed by atoms with van der Waals surface area (Å²) >= 11 is 0. The Kier molecular flexibility index (Phi) is 5.63. The van der Waals surface area contributed by atoms with Crippen LogP contribution in [0.25, 0.3) is 16.3 Å². The van der Waals surface area contributed by atoms with Gasteiger partial charge in [-0.1, -0.05) is 19.4 Å². The van der Waals surface area contributed by atoms with Gasteiger partial charge < -0.3 is 15.4 Å². The molecule has 2 N–H and O–H groups in total. The third-order valence-corrected chi connectivity index (χ3v) is 4.34. The van der Waals surface area contributed by atoms with Gasteiger partial charge in [0.1, 0.15) is 12.4 Å². The molecule has 1 unspecified atom stereocenters. The van der Waals surface area contributed by atoms with Crippen molar-refractivity contribution in [1.82, 2.24) is 15.3 Å². The number of pyridine rings is 2. The number of aromatic nitrogens is 2. The number of dihydropyridines is 1. The zero-order valence-corrected chi connectivity index (χ0v) is 15.4. The Bertz CT molecular complexity index is 873. The predicted octanol–water partition coefficient (Wildman–Crippen LogP) is 3.27. The minimum atomic E-state index is -0.232. The second-order valence-electron chi connectivity index (χ2n) is 6.44. The van der Waals surface area contributed by atoms with Gasteiger partial charge in [0.25, 0.3) is 5.91 Å². The van der Waals surface area contributed by atoms with Crippen LogP contribution in [0.4, 0.5) is 5.82 Å². The van der Waals surface area contributed by atoms with Gasteiger partial charge in [0.2, 0.25) is 0 Å². The Morgan fingerprint density at radius 1 is 1.27 bits per heavy atom. The van der Waals surface area contributed by atoms with Crippen molar-refractivity contribution in [2.24, 2.45) is 0 Å². The Hall–Kier alpha value is -2.73. The Morgan fingerprint density at radius 3 is 2.77 bits per heavy atom. The van der Waals surface area contributed by atoms with E-state index in [1.54, 1.807) is 6.20 Å². The number of methoxy groups -OCH3 is 1. The van der Waals surface area contributed by atoms with E-state index >= 15 is 0 Å². The van der Waals surface area contributed by atoms with E-state index in [4.69, 9.17) is 4.74 Å². The molecule has 0 spiro atoms. The molecule has 6 nitrogen and oxygen atoms in total. The van der Waals surface area contributed by atoms with Crippen molar-refractivity contribution in [3.05, 3.63) is 48.1 Å². The van der Waals surface area contributed by atoms with Crippen LogP contribution in [0.1, 0.15) is 32.4 Å². The van der Waals surface area contributed by atoms with Crippen molar-refractivity contribution in [3.63, 3.8) is 0 Å². The Morgan fingerprint density at radius 2 is 2.04 bits per heavy atom. The highest BCUT2D eigenvalue weighted by Crippen LogP contribution is 2.27. The molecular weight excluding hydrogens is 328 g/mol. The molecule has 26 heavy (non-hydrogen) atoms. The molecule has 6 heteroatoms. The molecule has 1 aliphatic heterocycles. The van der Waals surface area contributed by atoms with Crippen LogP contribution in [0.3, 0.4) is 0 Å². The van der Waals surface area contributed by atoms with Crippen LogP contribution in [0.2, 0.25) is 0 Å². The van der Waals surface area contributed by atoms with E-state index in [1.165, 1.54) is 12.7 Å². The van der Waals surface area contributed by atoms with Crippen molar-refractivity contribution in [3.8, 4) is 0 Å². The van der Waals surface area contributed by atoms with Gasteiger partial charge in [0.05, 0.1) is 5.69 Å². The first-order chi connectivity index (χ1) is 12.6. The number of allylic oxidation sites excluding steroid dienone is 2. The standard InChI is InChI=1S/C20H24N4O2/c1-4-5-16-6-13(2)17(11-21-16)18-7-14-10-23-19(8-15(14)9-22-18)24-20(25)12-26-3/h6-11,16,21H,4-5,12H2,1-3H3,(H,23,24,25). The van der Waals surface area contributed by atoms with Crippen LogP contribution in [0, 0.1) is 0 Å². The van der Waals surface area contributed by atoms with Crippen molar-refractivity contribution in [2.45, 2.75) is 32.7 Å². The minimum absolute atomic E-state index is 0.00268. The fourth-order valence-corrected chi connectivity index (χ4v) is 3.06. The summed E-state index contributed by atoms with van der Waals surface area (Å²) < 4.78 is 4.81. The lowest BCUT2D eigenvalue weighted by Crippen LogP contribution is -2.25. The van der Waals surface area contributed by atoms with E-state index in [-0.39, 0.29) is 12.5 Å². The number of hydrogen-bond acceptors (Lipinski definition) is 5. The summed E-state index contributed by atoms with van der Waals surface area (Å²) in [6.07, 6.45) is 10.1. The summed E-state index contributed by atoms with van der Waals surface area (Å²) in [4.78, 5) is 20.5. The van der Waals surface area contributed by atoms with Gasteiger partial charge >= 0.3 is 0 Å². The SMILES string of the molecule is CCCC1C=C(C)C(c2cc3cnc(NC(=O)COC)cc3cn2)=CN1. The Balaban J connectivity index is 1.82. The summed E-state index contributed by atoms with van der Waals surface area (Å²) in [6.45, 7) is 4.31. The topological polar surface area (TPSA) is 76.1 Å². The second kappa shape index (κ2) is 8.10. The monoisotopic (exact) mass is 352 g/mol. The number of nitrogens with one attached hydrogen (secondary N) is 2. The maximum atomic E-state index is 11.6. The molecule has 0 saturated heterocycles. The third-order valence-electron chi connectivity index (χ3n) is 4.34. The number of rotatable bonds is 6. The number of carbonyl (C=O) groups excluding carboxylic acids is 1. The van der Waals surface area contributed by atoms with Gasteiger partial charge in [0.15, 0.2) is 0 Å². The highest BCUT2D eigenvalue weighted by Gasteiger charge is 2.14. The van der Waals surface area contributed by atoms with Crippen LogP contribution < -0.4 is 10.6 Å². The minimum Gasteiger partial charge on any atom is -0.384 e. The molecule has 1 amide bonds. The zero-order chi connectivity index (χ0) is 18.5. The lowest BCUT2D eigenvalue weighted by Gasteiger charge is -2.21. The van der Waals surface area contributed by atoms with E-state index in [1.807, 2.05) is 18.3 Å². The van der Waals surface area contributed by atoms with Crippen LogP contribution in [-0.4, -0.2) is 35.6 Å². The normalized spacial score (nSPS) is 16.7. The molecule has 0 radical (unpaired) electrons. The second-order valence-corrected chi connectivity index (χ2v) is 6.44. The molecule has 0 aliphatic carbocycles. The molecule has 2 aromatic rings. The van der Waals surface area contributed by atoms with Crippen LogP contribution >= 0.6 is 0 Å². The number of hydrogen-bond donors (Lipinski definition) is 2. The lowest BCUT2D eigenvalue weighted by molar-refractivity contribution is -0.119. The summed E-state index contributed by atoms with van der Waals surface area (Å²) in [5, 5.41) is 8.04. The lowest BCUT2D eigenvalue weighted by atomic mass is 9.97. The van der Waals surface area contributed by atoms with Gasteiger partial charge in [-0.05, 0) is 31.1 Å². The predicted molar refractivity (Wildman–Crippen MR) is 104 cm³/mol. The smallest absolute Gasteiger partial charge is 0.251 e. The average Bonchev–Trinajstić information content (AvgIpc) is 2.62. The van der Waals surface area contributed by atoms with E-state index in [0.717, 1.165) is 34.9 Å². The summed E-state index contributed by atoms with van der Waals surface area (Å²) in [6, 6.07) is 4.23. The molecule has 0 bridgehead atoms. The number of carbonyl (C=O) groups is 1. The largest absolute Gasteiger partial charge is 0.384 e. The molecule has 0 saturated carbocycles. The maximum Gasteiger partial charge on any atom is 0.251 e. The van der Waals surface area contributed by atoms with Crippen LogP contribution in [0.5, 0.6) is 0 Å². The van der Waals surface area contributed by atoms with Gasteiger partial charge in [-0.25, -0.2) is 4.98 Å². The van der Waals surface area contributed by atoms with Crippen LogP contribution in [-0.2, 0) is 9.53 Å². The van der Waals surface area contributed by atoms with E-state index < -0.39 is 0 Å².